The average Bonchev–Trinajstić information content (AvgIpc) is 2.32. The van der Waals surface area contributed by atoms with Crippen LogP contribution in [0.15, 0.2) is 42.5 Å². The lowest BCUT2D eigenvalue weighted by molar-refractivity contribution is 0.628. The molecule has 2 nitrogen and oxygen atoms in total. The highest BCUT2D eigenvalue weighted by molar-refractivity contribution is 5.76. The van der Waals surface area contributed by atoms with E-state index in [0.717, 1.165) is 22.6 Å². The quantitative estimate of drug-likeness (QED) is 0.800. The zero-order valence-electron chi connectivity index (χ0n) is 9.94. The molecule has 2 rings (SSSR count). The third-order valence-electron chi connectivity index (χ3n) is 2.86. The minimum atomic E-state index is -0.249. The fourth-order valence-electron chi connectivity index (χ4n) is 1.78. The van der Waals surface area contributed by atoms with E-state index in [4.69, 9.17) is 5.73 Å². The third kappa shape index (κ3) is 2.23. The molecule has 0 spiro atoms. The minimum Gasteiger partial charge on any atom is -0.397 e. The first-order valence-corrected chi connectivity index (χ1v) is 5.44. The van der Waals surface area contributed by atoms with Crippen LogP contribution in [0.5, 0.6) is 0 Å². The Morgan fingerprint density at radius 3 is 2.53 bits per heavy atom. The molecular formula is C14H15FN2. The minimum absolute atomic E-state index is 0.249. The molecule has 2 aromatic carbocycles. The summed E-state index contributed by atoms with van der Waals surface area (Å²) in [5, 5.41) is 0. The van der Waals surface area contributed by atoms with E-state index in [1.54, 1.807) is 6.07 Å². The summed E-state index contributed by atoms with van der Waals surface area (Å²) < 4.78 is 13.2. The molecule has 3 heteroatoms. The van der Waals surface area contributed by atoms with Gasteiger partial charge < -0.3 is 10.6 Å². The highest BCUT2D eigenvalue weighted by atomic mass is 19.1. The number of nitrogen functional groups attached to an aromatic ring is 1. The van der Waals surface area contributed by atoms with Crippen LogP contribution < -0.4 is 10.6 Å². The average molecular weight is 230 g/mol. The maximum Gasteiger partial charge on any atom is 0.125 e. The van der Waals surface area contributed by atoms with Crippen molar-refractivity contribution >= 4 is 17.1 Å². The van der Waals surface area contributed by atoms with Crippen molar-refractivity contribution in [1.29, 1.82) is 0 Å². The van der Waals surface area contributed by atoms with E-state index in [0.29, 0.717) is 0 Å². The first-order chi connectivity index (χ1) is 8.09. The lowest BCUT2D eigenvalue weighted by Crippen LogP contribution is -2.12. The van der Waals surface area contributed by atoms with Gasteiger partial charge in [0.25, 0.3) is 0 Å². The Kier molecular flexibility index (Phi) is 3.00. The summed E-state index contributed by atoms with van der Waals surface area (Å²) in [5.41, 5.74) is 9.43. The Balaban J connectivity index is 2.44. The van der Waals surface area contributed by atoms with Gasteiger partial charge in [-0.05, 0) is 36.8 Å². The van der Waals surface area contributed by atoms with Gasteiger partial charge in [-0.25, -0.2) is 4.39 Å². The molecule has 0 aliphatic rings. The monoisotopic (exact) mass is 230 g/mol. The van der Waals surface area contributed by atoms with E-state index < -0.39 is 0 Å². The molecule has 2 N–H and O–H groups in total. The second-order valence-electron chi connectivity index (χ2n) is 4.05. The summed E-state index contributed by atoms with van der Waals surface area (Å²) in [6.45, 7) is 1.96. The van der Waals surface area contributed by atoms with Gasteiger partial charge in [-0.1, -0.05) is 18.2 Å². The number of nitrogens with two attached hydrogens (primary N) is 1. The molecule has 17 heavy (non-hydrogen) atoms. The SMILES string of the molecule is Cc1cccc(N(C)c2cccc(F)c2)c1N. The van der Waals surface area contributed by atoms with Crippen molar-refractivity contribution in [2.24, 2.45) is 0 Å². The zero-order valence-corrected chi connectivity index (χ0v) is 9.94. The van der Waals surface area contributed by atoms with Crippen molar-refractivity contribution in [2.45, 2.75) is 6.92 Å². The van der Waals surface area contributed by atoms with Gasteiger partial charge in [-0.2, -0.15) is 0 Å². The number of hydrogen-bond donors (Lipinski definition) is 1. The highest BCUT2D eigenvalue weighted by Crippen LogP contribution is 2.30. The fraction of sp³-hybridized carbons (Fsp3) is 0.143. The predicted octanol–water partition coefficient (Wildman–Crippen LogP) is 3.48. The molecule has 0 fully saturated rings. The van der Waals surface area contributed by atoms with E-state index in [1.807, 2.05) is 43.1 Å². The highest BCUT2D eigenvalue weighted by Gasteiger charge is 2.09. The molecule has 88 valence electrons. The van der Waals surface area contributed by atoms with Crippen LogP contribution in [0.2, 0.25) is 0 Å². The number of para-hydroxylation sites is 1. The van der Waals surface area contributed by atoms with Crippen LogP contribution in [0.25, 0.3) is 0 Å². The van der Waals surface area contributed by atoms with Gasteiger partial charge in [0.1, 0.15) is 5.82 Å². The zero-order chi connectivity index (χ0) is 12.4. The second-order valence-corrected chi connectivity index (χ2v) is 4.05. The van der Waals surface area contributed by atoms with Gasteiger partial charge in [-0.15, -0.1) is 0 Å². The predicted molar refractivity (Wildman–Crippen MR) is 70.1 cm³/mol. The van der Waals surface area contributed by atoms with Crippen molar-refractivity contribution in [3.05, 3.63) is 53.8 Å². The molecule has 0 atom stereocenters. The van der Waals surface area contributed by atoms with Gasteiger partial charge in [0.05, 0.1) is 11.4 Å². The molecule has 0 bridgehead atoms. The summed E-state index contributed by atoms with van der Waals surface area (Å²) in [7, 11) is 1.87. The summed E-state index contributed by atoms with van der Waals surface area (Å²) in [6.07, 6.45) is 0. The first-order valence-electron chi connectivity index (χ1n) is 5.44. The van der Waals surface area contributed by atoms with Crippen molar-refractivity contribution in [1.82, 2.24) is 0 Å². The largest absolute Gasteiger partial charge is 0.397 e. The standard InChI is InChI=1S/C14H15FN2/c1-10-5-3-8-13(14(10)16)17(2)12-7-4-6-11(15)9-12/h3-9H,16H2,1-2H3. The number of nitrogens with zero attached hydrogens (tertiary/aromatic N) is 1. The molecule has 0 aliphatic heterocycles. The van der Waals surface area contributed by atoms with Gasteiger partial charge in [0.2, 0.25) is 0 Å². The van der Waals surface area contributed by atoms with Gasteiger partial charge in [0.15, 0.2) is 0 Å². The normalized spacial score (nSPS) is 10.3. The van der Waals surface area contributed by atoms with Crippen molar-refractivity contribution in [3.63, 3.8) is 0 Å². The van der Waals surface area contributed by atoms with Crippen LogP contribution in [0.4, 0.5) is 21.5 Å². The molecule has 0 saturated carbocycles. The Morgan fingerprint density at radius 2 is 1.82 bits per heavy atom. The second kappa shape index (κ2) is 4.45. The van der Waals surface area contributed by atoms with E-state index in [2.05, 4.69) is 0 Å². The molecular weight excluding hydrogens is 215 g/mol. The number of halogens is 1. The molecule has 0 aromatic heterocycles. The van der Waals surface area contributed by atoms with Crippen LogP contribution in [0, 0.1) is 12.7 Å². The van der Waals surface area contributed by atoms with Crippen molar-refractivity contribution in [2.75, 3.05) is 17.7 Å². The fourth-order valence-corrected chi connectivity index (χ4v) is 1.78. The molecule has 0 radical (unpaired) electrons. The maximum absolute atomic E-state index is 13.2. The summed E-state index contributed by atoms with van der Waals surface area (Å²) in [4.78, 5) is 1.88. The van der Waals surface area contributed by atoms with E-state index in [1.165, 1.54) is 12.1 Å². The molecule has 0 saturated heterocycles. The number of rotatable bonds is 2. The van der Waals surface area contributed by atoms with Crippen molar-refractivity contribution in [3.8, 4) is 0 Å². The Hall–Kier alpha value is -2.03. The first kappa shape index (κ1) is 11.5. The van der Waals surface area contributed by atoms with Crippen LogP contribution in [0.1, 0.15) is 5.56 Å². The van der Waals surface area contributed by atoms with Crippen LogP contribution in [-0.2, 0) is 0 Å². The van der Waals surface area contributed by atoms with Gasteiger partial charge in [-0.3, -0.25) is 0 Å². The van der Waals surface area contributed by atoms with E-state index in [9.17, 15) is 4.39 Å². The van der Waals surface area contributed by atoms with E-state index >= 15 is 0 Å². The number of anilines is 3. The number of benzene rings is 2. The van der Waals surface area contributed by atoms with E-state index in [-0.39, 0.29) is 5.82 Å². The molecule has 0 amide bonds. The Bertz CT molecular complexity index is 537. The maximum atomic E-state index is 13.2. The van der Waals surface area contributed by atoms with Crippen LogP contribution in [0.3, 0.4) is 0 Å². The molecule has 2 aromatic rings. The number of aryl methyl sites for hydroxylation is 1. The lowest BCUT2D eigenvalue weighted by Gasteiger charge is -2.22. The molecule has 0 heterocycles. The summed E-state index contributed by atoms with van der Waals surface area (Å²) in [6, 6.07) is 12.3. The Labute approximate surface area is 100 Å². The third-order valence-corrected chi connectivity index (χ3v) is 2.86. The van der Waals surface area contributed by atoms with Crippen LogP contribution >= 0.6 is 0 Å². The summed E-state index contributed by atoms with van der Waals surface area (Å²) >= 11 is 0. The molecule has 0 unspecified atom stereocenters. The summed E-state index contributed by atoms with van der Waals surface area (Å²) in [5.74, 6) is -0.249. The van der Waals surface area contributed by atoms with Crippen molar-refractivity contribution < 1.29 is 4.39 Å². The van der Waals surface area contributed by atoms with Crippen LogP contribution in [-0.4, -0.2) is 7.05 Å². The Morgan fingerprint density at radius 1 is 1.12 bits per heavy atom. The lowest BCUT2D eigenvalue weighted by atomic mass is 10.1. The smallest absolute Gasteiger partial charge is 0.125 e. The number of hydrogen-bond acceptors (Lipinski definition) is 2. The molecule has 0 aliphatic carbocycles. The topological polar surface area (TPSA) is 29.3 Å². The van der Waals surface area contributed by atoms with Gasteiger partial charge in [0, 0.05) is 12.7 Å². The van der Waals surface area contributed by atoms with Gasteiger partial charge >= 0.3 is 0 Å².